The average molecular weight is 330 g/mol. The number of nitrogens with zero attached hydrogens (tertiary/aromatic N) is 2. The Hall–Kier alpha value is -1.83. The van der Waals surface area contributed by atoms with Crippen LogP contribution in [0, 0.1) is 6.92 Å². The number of aryl methyl sites for hydroxylation is 1. The molecule has 1 aromatic carbocycles. The number of hydrogen-bond donors (Lipinski definition) is 2. The smallest absolute Gasteiger partial charge is 0.264 e. The maximum absolute atomic E-state index is 8.74. The number of nitrogens with one attached hydrogen (secondary N) is 1. The van der Waals surface area contributed by atoms with E-state index in [1.165, 1.54) is 0 Å². The molecule has 0 bridgehead atoms. The summed E-state index contributed by atoms with van der Waals surface area (Å²) in [4.78, 5) is 4.07. The van der Waals surface area contributed by atoms with Gasteiger partial charge in [0.1, 0.15) is 0 Å². The summed E-state index contributed by atoms with van der Waals surface area (Å²) in [7, 11) is 1.59. The first-order valence-corrected chi connectivity index (χ1v) is 6.63. The highest BCUT2D eigenvalue weighted by atomic mass is 35.5. The van der Waals surface area contributed by atoms with Gasteiger partial charge in [0.15, 0.2) is 23.9 Å². The summed E-state index contributed by atoms with van der Waals surface area (Å²) in [5, 5.41) is 15.5. The predicted octanol–water partition coefficient (Wildman–Crippen LogP) is 1.47. The molecule has 0 atom stereocenters. The van der Waals surface area contributed by atoms with Gasteiger partial charge in [-0.1, -0.05) is 11.2 Å². The van der Waals surface area contributed by atoms with Gasteiger partial charge in [0.2, 0.25) is 0 Å². The molecule has 0 saturated carbocycles. The molecule has 0 fully saturated rings. The minimum absolute atomic E-state index is 0. The van der Waals surface area contributed by atoms with E-state index in [1.54, 1.807) is 14.0 Å². The standard InChI is InChI=1S/C14H19N3O4.ClH/c1-10-16-14(21-17-10)9-20-12-4-3-11(7-13(12)19-2)8-15-5-6-18;/h3-4,7,15,18H,5-6,8-9H2,1-2H3;1H. The lowest BCUT2D eigenvalue weighted by Gasteiger charge is -2.11. The Bertz CT molecular complexity index is 577. The number of aliphatic hydroxyl groups is 1. The van der Waals surface area contributed by atoms with Gasteiger partial charge in [-0.15, -0.1) is 12.4 Å². The van der Waals surface area contributed by atoms with Gasteiger partial charge in [-0.25, -0.2) is 0 Å². The van der Waals surface area contributed by atoms with Gasteiger partial charge in [-0.3, -0.25) is 0 Å². The molecule has 122 valence electrons. The number of methoxy groups -OCH3 is 1. The van der Waals surface area contributed by atoms with Crippen molar-refractivity contribution in [3.05, 3.63) is 35.5 Å². The van der Waals surface area contributed by atoms with Crippen LogP contribution in [0.2, 0.25) is 0 Å². The zero-order valence-electron chi connectivity index (χ0n) is 12.5. The summed E-state index contributed by atoms with van der Waals surface area (Å²) in [5.74, 6) is 2.24. The molecule has 22 heavy (non-hydrogen) atoms. The molecule has 1 aromatic heterocycles. The van der Waals surface area contributed by atoms with Crippen LogP contribution in [-0.2, 0) is 13.2 Å². The lowest BCUT2D eigenvalue weighted by molar-refractivity contribution is 0.233. The molecule has 2 rings (SSSR count). The van der Waals surface area contributed by atoms with Crippen molar-refractivity contribution in [2.45, 2.75) is 20.1 Å². The predicted molar refractivity (Wildman–Crippen MR) is 82.4 cm³/mol. The fourth-order valence-electron chi connectivity index (χ4n) is 1.79. The number of aliphatic hydroxyl groups excluding tert-OH is 1. The molecular formula is C14H20ClN3O4. The Labute approximate surface area is 135 Å². The van der Waals surface area contributed by atoms with Crippen LogP contribution >= 0.6 is 12.4 Å². The normalized spacial score (nSPS) is 10.1. The first-order chi connectivity index (χ1) is 10.2. The highest BCUT2D eigenvalue weighted by molar-refractivity contribution is 5.85. The van der Waals surface area contributed by atoms with E-state index in [1.807, 2.05) is 18.2 Å². The number of rotatable bonds is 8. The van der Waals surface area contributed by atoms with Crippen molar-refractivity contribution in [1.29, 1.82) is 0 Å². The third-order valence-electron chi connectivity index (χ3n) is 2.77. The molecule has 2 N–H and O–H groups in total. The van der Waals surface area contributed by atoms with Crippen LogP contribution in [0.25, 0.3) is 0 Å². The molecule has 0 aliphatic heterocycles. The van der Waals surface area contributed by atoms with Gasteiger partial charge in [-0.2, -0.15) is 4.98 Å². The second-order valence-corrected chi connectivity index (χ2v) is 4.41. The Morgan fingerprint density at radius 2 is 2.14 bits per heavy atom. The lowest BCUT2D eigenvalue weighted by Crippen LogP contribution is -2.17. The van der Waals surface area contributed by atoms with E-state index >= 15 is 0 Å². The van der Waals surface area contributed by atoms with E-state index in [-0.39, 0.29) is 25.6 Å². The fourth-order valence-corrected chi connectivity index (χ4v) is 1.79. The summed E-state index contributed by atoms with van der Waals surface area (Å²) in [6.45, 7) is 3.26. The van der Waals surface area contributed by atoms with E-state index < -0.39 is 0 Å². The van der Waals surface area contributed by atoms with Crippen molar-refractivity contribution >= 4 is 12.4 Å². The van der Waals surface area contributed by atoms with Crippen LogP contribution in [0.3, 0.4) is 0 Å². The summed E-state index contributed by atoms with van der Waals surface area (Å²) in [6.07, 6.45) is 0. The molecule has 1 heterocycles. The van der Waals surface area contributed by atoms with Crippen molar-refractivity contribution in [1.82, 2.24) is 15.5 Å². The molecule has 0 saturated heterocycles. The number of ether oxygens (including phenoxy) is 2. The quantitative estimate of drug-likeness (QED) is 0.709. The number of benzene rings is 1. The summed E-state index contributed by atoms with van der Waals surface area (Å²) in [6, 6.07) is 5.65. The highest BCUT2D eigenvalue weighted by Crippen LogP contribution is 2.28. The van der Waals surface area contributed by atoms with Crippen molar-refractivity contribution in [3.63, 3.8) is 0 Å². The van der Waals surface area contributed by atoms with Crippen LogP contribution in [-0.4, -0.2) is 35.5 Å². The fraction of sp³-hybridized carbons (Fsp3) is 0.429. The molecule has 2 aromatic rings. The van der Waals surface area contributed by atoms with Crippen molar-refractivity contribution in [2.75, 3.05) is 20.3 Å². The summed E-state index contributed by atoms with van der Waals surface area (Å²) in [5.41, 5.74) is 1.04. The zero-order chi connectivity index (χ0) is 15.1. The third-order valence-corrected chi connectivity index (χ3v) is 2.77. The first kappa shape index (κ1) is 18.2. The Balaban J connectivity index is 0.00000242. The maximum atomic E-state index is 8.74. The number of aromatic nitrogens is 2. The minimum Gasteiger partial charge on any atom is -0.493 e. The van der Waals surface area contributed by atoms with Gasteiger partial charge in [0.25, 0.3) is 5.89 Å². The van der Waals surface area contributed by atoms with Crippen molar-refractivity contribution < 1.29 is 19.1 Å². The van der Waals surface area contributed by atoms with Gasteiger partial charge >= 0.3 is 0 Å². The molecule has 8 heteroatoms. The zero-order valence-corrected chi connectivity index (χ0v) is 13.4. The van der Waals surface area contributed by atoms with Crippen molar-refractivity contribution in [2.24, 2.45) is 0 Å². The summed E-state index contributed by atoms with van der Waals surface area (Å²) < 4.78 is 15.9. The van der Waals surface area contributed by atoms with Crippen LogP contribution < -0.4 is 14.8 Å². The van der Waals surface area contributed by atoms with E-state index in [9.17, 15) is 0 Å². The molecule has 0 amide bonds. The van der Waals surface area contributed by atoms with Gasteiger partial charge in [0.05, 0.1) is 13.7 Å². The third kappa shape index (κ3) is 5.18. The van der Waals surface area contributed by atoms with Crippen LogP contribution in [0.1, 0.15) is 17.3 Å². The Kier molecular flexibility index (Phi) is 7.65. The molecule has 0 radical (unpaired) electrons. The van der Waals surface area contributed by atoms with E-state index in [2.05, 4.69) is 15.5 Å². The number of halogens is 1. The molecule has 0 aliphatic carbocycles. The molecular weight excluding hydrogens is 310 g/mol. The molecule has 0 spiro atoms. The van der Waals surface area contributed by atoms with Crippen molar-refractivity contribution in [3.8, 4) is 11.5 Å². The minimum atomic E-state index is 0. The van der Waals surface area contributed by atoms with Crippen LogP contribution in [0.5, 0.6) is 11.5 Å². The maximum Gasteiger partial charge on any atom is 0.264 e. The molecule has 0 unspecified atom stereocenters. The monoisotopic (exact) mass is 329 g/mol. The van der Waals surface area contributed by atoms with Crippen LogP contribution in [0.15, 0.2) is 22.7 Å². The van der Waals surface area contributed by atoms with Gasteiger partial charge in [-0.05, 0) is 24.6 Å². The second kappa shape index (κ2) is 9.24. The first-order valence-electron chi connectivity index (χ1n) is 6.63. The van der Waals surface area contributed by atoms with Crippen LogP contribution in [0.4, 0.5) is 0 Å². The number of hydrogen-bond acceptors (Lipinski definition) is 7. The lowest BCUT2D eigenvalue weighted by atomic mass is 10.2. The highest BCUT2D eigenvalue weighted by Gasteiger charge is 2.09. The molecule has 7 nitrogen and oxygen atoms in total. The topological polar surface area (TPSA) is 89.6 Å². The summed E-state index contributed by atoms with van der Waals surface area (Å²) >= 11 is 0. The largest absolute Gasteiger partial charge is 0.493 e. The van der Waals surface area contributed by atoms with E-state index in [4.69, 9.17) is 19.1 Å². The molecule has 0 aliphatic rings. The second-order valence-electron chi connectivity index (χ2n) is 4.41. The SMILES string of the molecule is COc1cc(CNCCO)ccc1OCc1nc(C)no1.Cl. The Morgan fingerprint density at radius 1 is 1.32 bits per heavy atom. The van der Waals surface area contributed by atoms with E-state index in [0.717, 1.165) is 5.56 Å². The average Bonchev–Trinajstić information content (AvgIpc) is 2.91. The van der Waals surface area contributed by atoms with E-state index in [0.29, 0.717) is 36.3 Å². The van der Waals surface area contributed by atoms with Gasteiger partial charge in [0, 0.05) is 13.1 Å². The Morgan fingerprint density at radius 3 is 2.77 bits per heavy atom. The van der Waals surface area contributed by atoms with Gasteiger partial charge < -0.3 is 24.4 Å².